The molecule has 2 aliphatic heterocycles. The van der Waals surface area contributed by atoms with Crippen molar-refractivity contribution >= 4 is 35.4 Å². The van der Waals surface area contributed by atoms with E-state index in [9.17, 15) is 28.8 Å². The van der Waals surface area contributed by atoms with Gasteiger partial charge in [0.2, 0.25) is 11.8 Å². The lowest BCUT2D eigenvalue weighted by Gasteiger charge is -2.45. The van der Waals surface area contributed by atoms with Crippen molar-refractivity contribution in [2.75, 3.05) is 6.61 Å². The summed E-state index contributed by atoms with van der Waals surface area (Å²) < 4.78 is 16.7. The molecule has 2 fully saturated rings. The van der Waals surface area contributed by atoms with Crippen LogP contribution < -0.4 is 15.4 Å². The van der Waals surface area contributed by atoms with Crippen LogP contribution in [0.1, 0.15) is 13.8 Å². The molecule has 11 heteroatoms. The fourth-order valence-corrected chi connectivity index (χ4v) is 5.56. The van der Waals surface area contributed by atoms with Gasteiger partial charge in [-0.2, -0.15) is 0 Å². The van der Waals surface area contributed by atoms with Gasteiger partial charge in [0.05, 0.1) is 0 Å². The number of nitrogens with one attached hydrogen (secondary N) is 2. The Bertz CT molecular complexity index is 818. The van der Waals surface area contributed by atoms with E-state index >= 15 is 0 Å². The summed E-state index contributed by atoms with van der Waals surface area (Å²) in [5.41, 5.74) is -2.24. The standard InChI is InChI=1S/C17H19N3O7S/c1-16(2)17(15(24)25,19-11(22)8-27-10-6-4-3-5-7-10)20-13(23)12(18-9-21)14(20)28(16)26/h3-7,9,12,14H,8H2,1-2H3,(H,18,21)(H,19,22)(H,24,25)/t12-,14-,17+,28?/m1/s1. The van der Waals surface area contributed by atoms with Crippen molar-refractivity contribution in [3.8, 4) is 5.75 Å². The number of hydrogen-bond donors (Lipinski definition) is 3. The topological polar surface area (TPSA) is 148 Å². The largest absolute Gasteiger partial charge is 0.614 e. The number of aliphatic carboxylic acids is 1. The molecule has 28 heavy (non-hydrogen) atoms. The van der Waals surface area contributed by atoms with Gasteiger partial charge in [0.15, 0.2) is 17.4 Å². The fourth-order valence-electron chi connectivity index (χ4n) is 3.53. The lowest BCUT2D eigenvalue weighted by molar-refractivity contribution is -0.176. The summed E-state index contributed by atoms with van der Waals surface area (Å²) in [5.74, 6) is -2.65. The number of hydrogen-bond acceptors (Lipinski definition) is 6. The molecule has 4 atom stereocenters. The summed E-state index contributed by atoms with van der Waals surface area (Å²) in [6.45, 7) is 2.28. The van der Waals surface area contributed by atoms with E-state index in [0.717, 1.165) is 4.90 Å². The van der Waals surface area contributed by atoms with Gasteiger partial charge >= 0.3 is 5.97 Å². The molecule has 2 heterocycles. The van der Waals surface area contributed by atoms with E-state index in [1.54, 1.807) is 30.3 Å². The molecule has 1 unspecified atom stereocenters. The van der Waals surface area contributed by atoms with Crippen LogP contribution in [0.5, 0.6) is 5.75 Å². The Labute approximate surface area is 163 Å². The molecule has 1 aromatic carbocycles. The number of carboxylic acid groups (broad SMARTS) is 1. The highest BCUT2D eigenvalue weighted by Crippen LogP contribution is 2.51. The first-order valence-corrected chi connectivity index (χ1v) is 9.55. The zero-order valence-electron chi connectivity index (χ0n) is 15.1. The molecule has 0 saturated carbocycles. The molecule has 150 valence electrons. The van der Waals surface area contributed by atoms with Gasteiger partial charge in [0, 0.05) is 0 Å². The van der Waals surface area contributed by atoms with Crippen LogP contribution in [-0.4, -0.2) is 67.2 Å². The van der Waals surface area contributed by atoms with Crippen molar-refractivity contribution in [1.29, 1.82) is 0 Å². The maximum Gasteiger partial charge on any atom is 0.356 e. The molecule has 0 bridgehead atoms. The van der Waals surface area contributed by atoms with Gasteiger partial charge in [0.25, 0.3) is 17.5 Å². The number of β-lactam (4-membered cyclic amide) rings is 1. The summed E-state index contributed by atoms with van der Waals surface area (Å²) in [6, 6.07) is 7.33. The highest BCUT2D eigenvalue weighted by Gasteiger charge is 2.81. The molecule has 2 saturated heterocycles. The van der Waals surface area contributed by atoms with Crippen LogP contribution in [-0.2, 0) is 30.4 Å². The molecule has 10 nitrogen and oxygen atoms in total. The Morgan fingerprint density at radius 3 is 2.57 bits per heavy atom. The van der Waals surface area contributed by atoms with E-state index in [0.29, 0.717) is 5.75 Å². The molecule has 2 aliphatic rings. The third kappa shape index (κ3) is 2.69. The Kier molecular flexibility index (Phi) is 4.98. The predicted molar refractivity (Wildman–Crippen MR) is 96.3 cm³/mol. The van der Waals surface area contributed by atoms with E-state index in [4.69, 9.17) is 4.74 Å². The van der Waals surface area contributed by atoms with Crippen molar-refractivity contribution in [2.45, 2.75) is 35.7 Å². The van der Waals surface area contributed by atoms with Gasteiger partial charge in [-0.15, -0.1) is 0 Å². The highest BCUT2D eigenvalue weighted by atomic mass is 32.2. The Balaban J connectivity index is 1.86. The fraction of sp³-hybridized carbons (Fsp3) is 0.412. The lowest BCUT2D eigenvalue weighted by Crippen LogP contribution is -2.80. The summed E-state index contributed by atoms with van der Waals surface area (Å²) in [6.07, 6.45) is 0.289. The molecule has 0 radical (unpaired) electrons. The number of para-hydroxylation sites is 1. The van der Waals surface area contributed by atoms with Crippen LogP contribution >= 0.6 is 0 Å². The number of amides is 3. The first-order valence-electron chi connectivity index (χ1n) is 8.34. The van der Waals surface area contributed by atoms with Crippen molar-refractivity contribution in [3.05, 3.63) is 30.3 Å². The molecule has 1 aromatic rings. The average molecular weight is 409 g/mol. The maximum absolute atomic E-state index is 12.9. The number of ether oxygens (including phenoxy) is 1. The van der Waals surface area contributed by atoms with Gasteiger partial charge in [0.1, 0.15) is 5.75 Å². The maximum atomic E-state index is 12.9. The first-order chi connectivity index (χ1) is 13.2. The highest BCUT2D eigenvalue weighted by molar-refractivity contribution is 7.94. The second kappa shape index (κ2) is 6.99. The van der Waals surface area contributed by atoms with Crippen LogP contribution in [0.15, 0.2) is 30.3 Å². The van der Waals surface area contributed by atoms with Crippen molar-refractivity contribution < 1.29 is 33.6 Å². The molecule has 3 amide bonds. The first kappa shape index (κ1) is 20.0. The van der Waals surface area contributed by atoms with Crippen molar-refractivity contribution in [1.82, 2.24) is 15.5 Å². The summed E-state index contributed by atoms with van der Waals surface area (Å²) in [7, 11) is 0. The van der Waals surface area contributed by atoms with E-state index in [2.05, 4.69) is 10.6 Å². The minimum absolute atomic E-state index is 0.289. The third-order valence-corrected chi connectivity index (χ3v) is 7.21. The zero-order chi connectivity index (χ0) is 20.7. The van der Waals surface area contributed by atoms with Gasteiger partial charge in [-0.25, -0.2) is 4.79 Å². The number of carbonyl (C=O) groups is 4. The average Bonchev–Trinajstić information content (AvgIpc) is 2.81. The lowest BCUT2D eigenvalue weighted by atomic mass is 9.88. The smallest absolute Gasteiger partial charge is 0.356 e. The molecule has 0 spiro atoms. The van der Waals surface area contributed by atoms with Gasteiger partial charge < -0.3 is 25.0 Å². The van der Waals surface area contributed by atoms with E-state index in [-0.39, 0.29) is 6.41 Å². The number of carbonyl (C=O) groups excluding carboxylic acids is 3. The molecule has 3 N–H and O–H groups in total. The van der Waals surface area contributed by atoms with E-state index < -0.39 is 57.4 Å². The van der Waals surface area contributed by atoms with Crippen LogP contribution in [0.25, 0.3) is 0 Å². The van der Waals surface area contributed by atoms with Crippen LogP contribution in [0.3, 0.4) is 0 Å². The Morgan fingerprint density at radius 2 is 2.00 bits per heavy atom. The minimum Gasteiger partial charge on any atom is -0.614 e. The minimum atomic E-state index is -2.24. The normalized spacial score (nSPS) is 30.0. The second-order valence-corrected chi connectivity index (χ2v) is 8.93. The quantitative estimate of drug-likeness (QED) is 0.291. The van der Waals surface area contributed by atoms with Gasteiger partial charge in [-0.1, -0.05) is 18.2 Å². The van der Waals surface area contributed by atoms with Crippen molar-refractivity contribution in [2.24, 2.45) is 0 Å². The van der Waals surface area contributed by atoms with Crippen LogP contribution in [0, 0.1) is 0 Å². The SMILES string of the molecule is CC1(C)[S+]([O-])[C@@H]2[C@H](NC=O)C(=O)N2[C@@]1(NC(=O)COc1ccccc1)C(=O)O. The van der Waals surface area contributed by atoms with E-state index in [1.807, 2.05) is 0 Å². The monoisotopic (exact) mass is 409 g/mol. The molecular formula is C17H19N3O7S. The number of carboxylic acids is 1. The number of nitrogens with zero attached hydrogens (tertiary/aromatic N) is 1. The van der Waals surface area contributed by atoms with Gasteiger partial charge in [-0.3, -0.25) is 19.3 Å². The number of rotatable bonds is 7. The van der Waals surface area contributed by atoms with Crippen molar-refractivity contribution in [3.63, 3.8) is 0 Å². The van der Waals surface area contributed by atoms with Crippen LogP contribution in [0.2, 0.25) is 0 Å². The molecular weight excluding hydrogens is 390 g/mol. The predicted octanol–water partition coefficient (Wildman–Crippen LogP) is -1.21. The summed E-state index contributed by atoms with van der Waals surface area (Å²) in [4.78, 5) is 48.7. The van der Waals surface area contributed by atoms with E-state index in [1.165, 1.54) is 13.8 Å². The number of fused-ring (bicyclic) bond motifs is 1. The second-order valence-electron chi connectivity index (χ2n) is 6.83. The van der Waals surface area contributed by atoms with Crippen LogP contribution in [0.4, 0.5) is 0 Å². The molecule has 3 rings (SSSR count). The zero-order valence-corrected chi connectivity index (χ0v) is 15.9. The summed E-state index contributed by atoms with van der Waals surface area (Å²) >= 11 is -1.87. The summed E-state index contributed by atoms with van der Waals surface area (Å²) in [5, 5.41) is 13.5. The molecule has 0 aromatic heterocycles. The Hall–Kier alpha value is -2.79. The third-order valence-electron chi connectivity index (χ3n) is 4.99. The number of benzene rings is 1. The van der Waals surface area contributed by atoms with Gasteiger partial charge in [-0.05, 0) is 37.2 Å². The Morgan fingerprint density at radius 1 is 1.36 bits per heavy atom. The molecule has 0 aliphatic carbocycles.